The number of rotatable bonds is 4. The van der Waals surface area contributed by atoms with E-state index in [2.05, 4.69) is 35.9 Å². The van der Waals surface area contributed by atoms with Crippen molar-refractivity contribution in [3.8, 4) is 5.75 Å². The Kier molecular flexibility index (Phi) is 5.05. The molecule has 0 saturated carbocycles. The van der Waals surface area contributed by atoms with Gasteiger partial charge in [0.1, 0.15) is 5.75 Å². The molecule has 1 aliphatic rings. The molecule has 1 aromatic carbocycles. The lowest BCUT2D eigenvalue weighted by atomic mass is 9.90. The molecule has 24 heavy (non-hydrogen) atoms. The molecular formula is C20H26N2O2. The van der Waals surface area contributed by atoms with Crippen LogP contribution in [-0.4, -0.2) is 30.1 Å². The minimum atomic E-state index is -0.000683. The number of hydrogen-bond donors (Lipinski definition) is 1. The number of H-pyrrole nitrogens is 1. The number of likely N-dealkylation sites (tertiary alicyclic amines) is 1. The molecule has 1 aromatic heterocycles. The van der Waals surface area contributed by atoms with E-state index in [0.29, 0.717) is 5.92 Å². The Balaban J connectivity index is 1.63. The summed E-state index contributed by atoms with van der Waals surface area (Å²) in [6, 6.07) is 8.17. The highest BCUT2D eigenvalue weighted by atomic mass is 16.5. The molecular weight excluding hydrogens is 300 g/mol. The Morgan fingerprint density at radius 3 is 2.58 bits per heavy atom. The zero-order chi connectivity index (χ0) is 17.1. The second-order valence-electron chi connectivity index (χ2n) is 6.78. The molecule has 1 N–H and O–H groups in total. The van der Waals surface area contributed by atoms with Crippen molar-refractivity contribution in [3.05, 3.63) is 63.1 Å². The van der Waals surface area contributed by atoms with Crippen molar-refractivity contribution in [1.29, 1.82) is 0 Å². The van der Waals surface area contributed by atoms with E-state index in [9.17, 15) is 4.79 Å². The number of benzene rings is 1. The fourth-order valence-corrected chi connectivity index (χ4v) is 3.62. The molecule has 4 nitrogen and oxygen atoms in total. The molecule has 1 fully saturated rings. The summed E-state index contributed by atoms with van der Waals surface area (Å²) in [4.78, 5) is 16.7. The molecule has 0 radical (unpaired) electrons. The first-order chi connectivity index (χ1) is 11.6. The van der Waals surface area contributed by atoms with E-state index < -0.39 is 0 Å². The van der Waals surface area contributed by atoms with Crippen molar-refractivity contribution in [1.82, 2.24) is 9.88 Å². The van der Waals surface area contributed by atoms with E-state index in [4.69, 9.17) is 4.74 Å². The lowest BCUT2D eigenvalue weighted by molar-refractivity contribution is 0.204. The number of nitrogens with zero attached hydrogens (tertiary/aromatic N) is 1. The van der Waals surface area contributed by atoms with Crippen molar-refractivity contribution < 1.29 is 4.74 Å². The monoisotopic (exact) mass is 326 g/mol. The average molecular weight is 326 g/mol. The second-order valence-corrected chi connectivity index (χ2v) is 6.78. The molecule has 2 heterocycles. The third kappa shape index (κ3) is 3.70. The molecule has 0 bridgehead atoms. The van der Waals surface area contributed by atoms with Crippen molar-refractivity contribution in [2.75, 3.05) is 20.2 Å². The summed E-state index contributed by atoms with van der Waals surface area (Å²) < 4.78 is 5.40. The second kappa shape index (κ2) is 7.22. The van der Waals surface area contributed by atoms with Crippen LogP contribution in [0.3, 0.4) is 0 Å². The molecule has 0 atom stereocenters. The number of nitrogens with one attached hydrogen (secondary N) is 1. The van der Waals surface area contributed by atoms with Gasteiger partial charge in [0.05, 0.1) is 7.11 Å². The standard InChI is InChI=1S/C20H26N2O2/c1-14-11-19(24-3)15(2)10-18(14)13-22-8-5-16(6-9-22)17-4-7-21-20(23)12-17/h4,7,10-12,16H,5-6,8-9,13H2,1-3H3,(H,21,23). The number of methoxy groups -OCH3 is 1. The van der Waals surface area contributed by atoms with Crippen LogP contribution in [0.2, 0.25) is 0 Å². The van der Waals surface area contributed by atoms with E-state index in [-0.39, 0.29) is 5.56 Å². The number of hydrogen-bond acceptors (Lipinski definition) is 3. The van der Waals surface area contributed by atoms with Crippen LogP contribution < -0.4 is 10.3 Å². The van der Waals surface area contributed by atoms with Gasteiger partial charge in [-0.2, -0.15) is 0 Å². The van der Waals surface area contributed by atoms with Crippen LogP contribution in [0.15, 0.2) is 35.3 Å². The maximum absolute atomic E-state index is 11.5. The first kappa shape index (κ1) is 16.8. The van der Waals surface area contributed by atoms with Crippen LogP contribution in [0.1, 0.15) is 41.0 Å². The summed E-state index contributed by atoms with van der Waals surface area (Å²) in [7, 11) is 1.72. The normalized spacial score (nSPS) is 16.3. The van der Waals surface area contributed by atoms with Gasteiger partial charge in [-0.25, -0.2) is 0 Å². The lowest BCUT2D eigenvalue weighted by Gasteiger charge is -2.32. The summed E-state index contributed by atoms with van der Waals surface area (Å²) in [5.41, 5.74) is 5.03. The van der Waals surface area contributed by atoms with Gasteiger partial charge in [-0.1, -0.05) is 6.07 Å². The fourth-order valence-electron chi connectivity index (χ4n) is 3.62. The first-order valence-electron chi connectivity index (χ1n) is 8.62. The zero-order valence-electron chi connectivity index (χ0n) is 14.8. The summed E-state index contributed by atoms with van der Waals surface area (Å²) in [5.74, 6) is 1.46. The Morgan fingerprint density at radius 1 is 1.17 bits per heavy atom. The lowest BCUT2D eigenvalue weighted by Crippen LogP contribution is -2.33. The summed E-state index contributed by atoms with van der Waals surface area (Å²) in [6.45, 7) is 7.38. The van der Waals surface area contributed by atoms with E-state index in [1.54, 1.807) is 19.4 Å². The van der Waals surface area contributed by atoms with Crippen molar-refractivity contribution in [2.24, 2.45) is 0 Å². The molecule has 128 valence electrons. The van der Waals surface area contributed by atoms with Gasteiger partial charge in [0, 0.05) is 18.8 Å². The molecule has 0 aliphatic carbocycles. The first-order valence-corrected chi connectivity index (χ1v) is 8.62. The topological polar surface area (TPSA) is 45.3 Å². The van der Waals surface area contributed by atoms with Crippen molar-refractivity contribution >= 4 is 0 Å². The van der Waals surface area contributed by atoms with E-state index in [1.807, 2.05) is 6.07 Å². The third-order valence-electron chi connectivity index (χ3n) is 5.11. The van der Waals surface area contributed by atoms with Crippen LogP contribution in [0.25, 0.3) is 0 Å². The number of pyridine rings is 1. The highest BCUT2D eigenvalue weighted by Gasteiger charge is 2.21. The molecule has 1 aliphatic heterocycles. The quantitative estimate of drug-likeness (QED) is 0.937. The Bertz CT molecular complexity index is 758. The van der Waals surface area contributed by atoms with Gasteiger partial charge in [0.2, 0.25) is 5.56 Å². The van der Waals surface area contributed by atoms with Crippen molar-refractivity contribution in [3.63, 3.8) is 0 Å². The van der Waals surface area contributed by atoms with Crippen LogP contribution in [-0.2, 0) is 6.54 Å². The predicted octanol–water partition coefficient (Wildman–Crippen LogP) is 3.38. The fraction of sp³-hybridized carbons (Fsp3) is 0.450. The smallest absolute Gasteiger partial charge is 0.248 e. The number of ether oxygens (including phenoxy) is 1. The van der Waals surface area contributed by atoms with Gasteiger partial charge in [-0.05, 0) is 80.1 Å². The molecule has 0 unspecified atom stereocenters. The molecule has 4 heteroatoms. The average Bonchev–Trinajstić information content (AvgIpc) is 2.58. The van der Waals surface area contributed by atoms with E-state index in [1.165, 1.54) is 22.3 Å². The summed E-state index contributed by atoms with van der Waals surface area (Å²) in [5, 5.41) is 0. The number of aromatic nitrogens is 1. The van der Waals surface area contributed by atoms with Crippen LogP contribution in [0, 0.1) is 13.8 Å². The molecule has 2 aromatic rings. The van der Waals surface area contributed by atoms with E-state index >= 15 is 0 Å². The Morgan fingerprint density at radius 2 is 1.92 bits per heavy atom. The number of piperidine rings is 1. The van der Waals surface area contributed by atoms with Gasteiger partial charge in [0.15, 0.2) is 0 Å². The van der Waals surface area contributed by atoms with Crippen LogP contribution in [0.4, 0.5) is 0 Å². The largest absolute Gasteiger partial charge is 0.496 e. The highest BCUT2D eigenvalue weighted by molar-refractivity contribution is 5.41. The maximum atomic E-state index is 11.5. The molecule has 0 amide bonds. The van der Waals surface area contributed by atoms with Gasteiger partial charge < -0.3 is 9.72 Å². The minimum absolute atomic E-state index is 0.000683. The molecule has 0 spiro atoms. The van der Waals surface area contributed by atoms with Crippen LogP contribution >= 0.6 is 0 Å². The Labute approximate surface area is 143 Å². The molecule has 1 saturated heterocycles. The maximum Gasteiger partial charge on any atom is 0.248 e. The van der Waals surface area contributed by atoms with Crippen molar-refractivity contribution in [2.45, 2.75) is 39.2 Å². The van der Waals surface area contributed by atoms with E-state index in [0.717, 1.165) is 38.2 Å². The number of aromatic amines is 1. The highest BCUT2D eigenvalue weighted by Crippen LogP contribution is 2.29. The summed E-state index contributed by atoms with van der Waals surface area (Å²) >= 11 is 0. The van der Waals surface area contributed by atoms with Gasteiger partial charge in [-0.15, -0.1) is 0 Å². The minimum Gasteiger partial charge on any atom is -0.496 e. The Hall–Kier alpha value is -2.07. The predicted molar refractivity (Wildman–Crippen MR) is 96.8 cm³/mol. The van der Waals surface area contributed by atoms with Crippen LogP contribution in [0.5, 0.6) is 5.75 Å². The number of aryl methyl sites for hydroxylation is 2. The summed E-state index contributed by atoms with van der Waals surface area (Å²) in [6.07, 6.45) is 3.98. The SMILES string of the molecule is COc1cc(C)c(CN2CCC(c3cc[nH]c(=O)c3)CC2)cc1C. The molecule has 3 rings (SSSR count). The third-order valence-corrected chi connectivity index (χ3v) is 5.11. The zero-order valence-corrected chi connectivity index (χ0v) is 14.8. The van der Waals surface area contributed by atoms with Gasteiger partial charge in [0.25, 0.3) is 0 Å². The van der Waals surface area contributed by atoms with Gasteiger partial charge >= 0.3 is 0 Å². The van der Waals surface area contributed by atoms with Gasteiger partial charge in [-0.3, -0.25) is 9.69 Å².